The largest absolute Gasteiger partial charge is 0.488 e. The monoisotopic (exact) mass is 530 g/mol. The van der Waals surface area contributed by atoms with Gasteiger partial charge in [-0.05, 0) is 50.8 Å². The number of guanidine groups is 1. The minimum absolute atomic E-state index is 0. The van der Waals surface area contributed by atoms with Crippen LogP contribution in [-0.2, 0) is 11.3 Å². The van der Waals surface area contributed by atoms with E-state index in [-0.39, 0.29) is 30.1 Å². The number of aliphatic imine (C=N–C) groups is 1. The van der Waals surface area contributed by atoms with Crippen LogP contribution in [0.3, 0.4) is 0 Å². The van der Waals surface area contributed by atoms with Gasteiger partial charge >= 0.3 is 0 Å². The average molecular weight is 530 g/mol. The number of hydrogen-bond acceptors (Lipinski definition) is 4. The Morgan fingerprint density at radius 2 is 2.17 bits per heavy atom. The van der Waals surface area contributed by atoms with Crippen LogP contribution >= 0.6 is 24.0 Å². The van der Waals surface area contributed by atoms with Gasteiger partial charge in [-0.1, -0.05) is 19.1 Å². The molecule has 2 aliphatic rings. The molecular weight excluding hydrogens is 491 g/mol. The van der Waals surface area contributed by atoms with Gasteiger partial charge in [0.05, 0.1) is 13.2 Å². The number of aryl methyl sites for hydroxylation is 1. The number of ether oxygens (including phenoxy) is 2. The topological polar surface area (TPSA) is 58.1 Å². The molecule has 3 unspecified atom stereocenters. The zero-order valence-electron chi connectivity index (χ0n) is 18.9. The lowest BCUT2D eigenvalue weighted by molar-refractivity contribution is 0.139. The highest BCUT2D eigenvalue weighted by atomic mass is 127. The van der Waals surface area contributed by atoms with Crippen molar-refractivity contribution in [3.63, 3.8) is 0 Å². The lowest BCUT2D eigenvalue weighted by Crippen LogP contribution is -2.48. The zero-order valence-corrected chi connectivity index (χ0v) is 21.3. The third kappa shape index (κ3) is 7.57. The van der Waals surface area contributed by atoms with E-state index in [1.165, 1.54) is 31.5 Å². The highest BCUT2D eigenvalue weighted by Gasteiger charge is 2.21. The Hall–Kier alpha value is -1.06. The Morgan fingerprint density at radius 3 is 2.87 bits per heavy atom. The highest BCUT2D eigenvalue weighted by molar-refractivity contribution is 14.0. The Balaban J connectivity index is 0.00000320. The molecule has 0 spiro atoms. The smallest absolute Gasteiger partial charge is 0.191 e. The van der Waals surface area contributed by atoms with E-state index in [0.717, 1.165) is 42.8 Å². The molecule has 0 bridgehead atoms. The minimum atomic E-state index is 0. The maximum absolute atomic E-state index is 6.21. The molecule has 0 saturated carbocycles. The lowest BCUT2D eigenvalue weighted by atomic mass is 9.99. The summed E-state index contributed by atoms with van der Waals surface area (Å²) >= 11 is 0. The molecule has 7 heteroatoms. The fourth-order valence-corrected chi connectivity index (χ4v) is 4.10. The van der Waals surface area contributed by atoms with Crippen molar-refractivity contribution >= 4 is 29.9 Å². The summed E-state index contributed by atoms with van der Waals surface area (Å²) in [6, 6.07) is 6.88. The van der Waals surface area contributed by atoms with Gasteiger partial charge in [0.1, 0.15) is 11.9 Å². The first-order chi connectivity index (χ1) is 14.0. The van der Waals surface area contributed by atoms with Gasteiger partial charge < -0.3 is 20.1 Å². The second-order valence-electron chi connectivity index (χ2n) is 8.61. The maximum Gasteiger partial charge on any atom is 0.191 e. The van der Waals surface area contributed by atoms with Crippen LogP contribution in [0.4, 0.5) is 0 Å². The molecule has 0 aliphatic carbocycles. The first-order valence-corrected chi connectivity index (χ1v) is 11.1. The fourth-order valence-electron chi connectivity index (χ4n) is 4.10. The van der Waals surface area contributed by atoms with Gasteiger partial charge in [-0.2, -0.15) is 0 Å². The molecular formula is C23H39IN4O2. The van der Waals surface area contributed by atoms with Crippen molar-refractivity contribution in [1.82, 2.24) is 15.5 Å². The van der Waals surface area contributed by atoms with Crippen LogP contribution < -0.4 is 15.4 Å². The van der Waals surface area contributed by atoms with E-state index in [2.05, 4.69) is 59.5 Å². The van der Waals surface area contributed by atoms with Gasteiger partial charge in [0.2, 0.25) is 0 Å². The first-order valence-electron chi connectivity index (χ1n) is 11.1. The van der Waals surface area contributed by atoms with Crippen molar-refractivity contribution in [1.29, 1.82) is 0 Å². The predicted octanol–water partition coefficient (Wildman–Crippen LogP) is 3.57. The third-order valence-electron chi connectivity index (χ3n) is 5.95. The predicted molar refractivity (Wildman–Crippen MR) is 134 cm³/mol. The van der Waals surface area contributed by atoms with Crippen LogP contribution in [0.25, 0.3) is 0 Å². The molecule has 3 atom stereocenters. The second kappa shape index (κ2) is 12.7. The van der Waals surface area contributed by atoms with Gasteiger partial charge in [-0.3, -0.25) is 9.89 Å². The first kappa shape index (κ1) is 25.2. The molecule has 30 heavy (non-hydrogen) atoms. The molecule has 0 radical (unpaired) electrons. The summed E-state index contributed by atoms with van der Waals surface area (Å²) in [5.41, 5.74) is 2.35. The molecule has 2 N–H and O–H groups in total. The number of piperidine rings is 1. The van der Waals surface area contributed by atoms with Crippen molar-refractivity contribution in [2.45, 2.75) is 58.7 Å². The molecule has 2 heterocycles. The standard InChI is InChI=1S/C23H38N4O2.HI/c1-17-7-8-20(22(12-17)29-21-9-11-28-16-21)14-26-23(24-4)25-13-19(3)27-10-5-6-18(2)15-27;/h7-8,12,18-19,21H,5-6,9-11,13-16H2,1-4H3,(H2,24,25,26);1H. The summed E-state index contributed by atoms with van der Waals surface area (Å²) in [5.74, 6) is 2.57. The van der Waals surface area contributed by atoms with E-state index in [4.69, 9.17) is 9.47 Å². The summed E-state index contributed by atoms with van der Waals surface area (Å²) < 4.78 is 11.7. The molecule has 0 aromatic heterocycles. The van der Waals surface area contributed by atoms with Gasteiger partial charge in [-0.15, -0.1) is 24.0 Å². The van der Waals surface area contributed by atoms with Crippen molar-refractivity contribution in [3.05, 3.63) is 29.3 Å². The van der Waals surface area contributed by atoms with Crippen molar-refractivity contribution < 1.29 is 9.47 Å². The molecule has 1 aromatic carbocycles. The van der Waals surface area contributed by atoms with Crippen LogP contribution in [0.5, 0.6) is 5.75 Å². The van der Waals surface area contributed by atoms with E-state index >= 15 is 0 Å². The van der Waals surface area contributed by atoms with Gasteiger partial charge in [-0.25, -0.2) is 0 Å². The second-order valence-corrected chi connectivity index (χ2v) is 8.61. The van der Waals surface area contributed by atoms with Crippen LogP contribution in [0.2, 0.25) is 0 Å². The number of hydrogen-bond donors (Lipinski definition) is 2. The lowest BCUT2D eigenvalue weighted by Gasteiger charge is -2.35. The number of rotatable bonds is 7. The van der Waals surface area contributed by atoms with Gasteiger partial charge in [0.15, 0.2) is 5.96 Å². The van der Waals surface area contributed by atoms with Crippen molar-refractivity contribution in [2.24, 2.45) is 10.9 Å². The van der Waals surface area contributed by atoms with E-state index in [1.54, 1.807) is 0 Å². The quantitative estimate of drug-likeness (QED) is 0.321. The molecule has 1 aromatic rings. The minimum Gasteiger partial charge on any atom is -0.488 e. The zero-order chi connectivity index (χ0) is 20.6. The SMILES string of the molecule is CN=C(NCc1ccc(C)cc1OC1CCOC1)NCC(C)N1CCCC(C)C1.I. The van der Waals surface area contributed by atoms with E-state index < -0.39 is 0 Å². The third-order valence-corrected chi connectivity index (χ3v) is 5.95. The van der Waals surface area contributed by atoms with Crippen LogP contribution in [0.15, 0.2) is 23.2 Å². The molecule has 0 amide bonds. The molecule has 2 fully saturated rings. The van der Waals surface area contributed by atoms with Crippen LogP contribution in [0.1, 0.15) is 44.2 Å². The Morgan fingerprint density at radius 1 is 1.33 bits per heavy atom. The Bertz CT molecular complexity index is 679. The summed E-state index contributed by atoms with van der Waals surface area (Å²) in [5, 5.41) is 6.94. The number of likely N-dealkylation sites (tertiary alicyclic amines) is 1. The van der Waals surface area contributed by atoms with Crippen LogP contribution in [0, 0.1) is 12.8 Å². The van der Waals surface area contributed by atoms with Gasteiger partial charge in [0, 0.05) is 44.7 Å². The fraction of sp³-hybridized carbons (Fsp3) is 0.696. The van der Waals surface area contributed by atoms with E-state index in [1.807, 2.05) is 7.05 Å². The molecule has 3 rings (SSSR count). The van der Waals surface area contributed by atoms with Crippen LogP contribution in [-0.4, -0.2) is 62.9 Å². The summed E-state index contributed by atoms with van der Waals surface area (Å²) in [7, 11) is 1.82. The summed E-state index contributed by atoms with van der Waals surface area (Å²) in [6.45, 7) is 12.2. The maximum atomic E-state index is 6.21. The Kier molecular flexibility index (Phi) is 10.7. The number of nitrogens with one attached hydrogen (secondary N) is 2. The van der Waals surface area contributed by atoms with Gasteiger partial charge in [0.25, 0.3) is 0 Å². The average Bonchev–Trinajstić information content (AvgIpc) is 3.22. The molecule has 6 nitrogen and oxygen atoms in total. The highest BCUT2D eigenvalue weighted by Crippen LogP contribution is 2.24. The number of halogens is 1. The van der Waals surface area contributed by atoms with Crippen molar-refractivity contribution in [2.75, 3.05) is 39.9 Å². The number of nitrogens with zero attached hydrogens (tertiary/aromatic N) is 2. The normalized spacial score (nSPS) is 23.5. The Labute approximate surface area is 199 Å². The molecule has 2 aliphatic heterocycles. The van der Waals surface area contributed by atoms with E-state index in [9.17, 15) is 0 Å². The molecule has 2 saturated heterocycles. The van der Waals surface area contributed by atoms with Crippen molar-refractivity contribution in [3.8, 4) is 5.75 Å². The summed E-state index contributed by atoms with van der Waals surface area (Å²) in [4.78, 5) is 6.99. The number of benzene rings is 1. The molecule has 170 valence electrons. The summed E-state index contributed by atoms with van der Waals surface area (Å²) in [6.07, 6.45) is 3.77. The van der Waals surface area contributed by atoms with E-state index in [0.29, 0.717) is 19.2 Å².